The maximum atomic E-state index is 12.5. The van der Waals surface area contributed by atoms with E-state index in [-0.39, 0.29) is 11.0 Å². The molecule has 1 unspecified atom stereocenters. The van der Waals surface area contributed by atoms with Crippen molar-refractivity contribution in [1.29, 1.82) is 0 Å². The van der Waals surface area contributed by atoms with E-state index >= 15 is 0 Å². The number of nitrogens with zero attached hydrogens (tertiary/aromatic N) is 2. The Hall–Kier alpha value is -2.32. The van der Waals surface area contributed by atoms with Crippen molar-refractivity contribution in [1.82, 2.24) is 4.57 Å². The molecule has 8 heteroatoms. The number of aryl methyl sites for hydroxylation is 1. The van der Waals surface area contributed by atoms with Gasteiger partial charge in [0, 0.05) is 38.2 Å². The lowest BCUT2D eigenvalue weighted by Gasteiger charge is -2.22. The maximum Gasteiger partial charge on any atom is 0.273 e. The minimum absolute atomic E-state index is 0. The molecule has 0 amide bonds. The van der Waals surface area contributed by atoms with E-state index in [1.807, 2.05) is 49.2 Å². The molecule has 3 N–H and O–H groups in total. The van der Waals surface area contributed by atoms with E-state index < -0.39 is 11.0 Å². The average molecular weight is 381 g/mol. The monoisotopic (exact) mass is 381 g/mol. The summed E-state index contributed by atoms with van der Waals surface area (Å²) in [5.41, 5.74) is 3.14. The van der Waals surface area contributed by atoms with Gasteiger partial charge in [-0.2, -0.15) is 0 Å². The molecule has 0 bridgehead atoms. The highest BCUT2D eigenvalue weighted by Gasteiger charge is 2.13. The molecular formula is C18H27N3O4S. The number of nitrogens with one attached hydrogen (secondary N) is 1. The number of hydrogen-bond acceptors (Lipinski definition) is 4. The van der Waals surface area contributed by atoms with Gasteiger partial charge in [0.25, 0.3) is 5.56 Å². The van der Waals surface area contributed by atoms with Crippen LogP contribution in [0.1, 0.15) is 13.8 Å². The molecule has 1 aromatic heterocycles. The zero-order valence-electron chi connectivity index (χ0n) is 15.8. The average Bonchev–Trinajstić information content (AvgIpc) is 2.58. The third-order valence-corrected chi connectivity index (χ3v) is 4.56. The van der Waals surface area contributed by atoms with Gasteiger partial charge in [-0.25, -0.2) is 4.21 Å². The van der Waals surface area contributed by atoms with Crippen LogP contribution in [0, 0.1) is 0 Å². The minimum atomic E-state index is -1.21. The number of methoxy groups -OCH3 is 1. The largest absolute Gasteiger partial charge is 0.495 e. The number of hydrogen-bond donors (Lipinski definition) is 1. The highest BCUT2D eigenvalue weighted by atomic mass is 32.2. The van der Waals surface area contributed by atoms with Crippen LogP contribution in [0.15, 0.2) is 35.3 Å². The minimum Gasteiger partial charge on any atom is -0.495 e. The predicted octanol–water partition coefficient (Wildman–Crippen LogP) is 1.79. The smallest absolute Gasteiger partial charge is 0.273 e. The van der Waals surface area contributed by atoms with Gasteiger partial charge in [0.15, 0.2) is 0 Å². The summed E-state index contributed by atoms with van der Waals surface area (Å²) in [5, 5.41) is 0. The first-order chi connectivity index (χ1) is 11.9. The van der Waals surface area contributed by atoms with Gasteiger partial charge in [0.1, 0.15) is 22.4 Å². The standard InChI is InChI=1S/C18H25N3O3S.H2O/c1-6-21(7-2)16-11-14(12-20(3)18(16)22)13-8-9-17(24-4)15(10-13)19-25(5)23;/h8-12,19H,6-7H2,1-5H3;1H2. The molecule has 1 atom stereocenters. The normalized spacial score (nSPS) is 11.4. The van der Waals surface area contributed by atoms with Gasteiger partial charge in [-0.15, -0.1) is 0 Å². The van der Waals surface area contributed by atoms with Crippen molar-refractivity contribution in [3.63, 3.8) is 0 Å². The maximum absolute atomic E-state index is 12.5. The molecule has 2 aromatic rings. The fourth-order valence-corrected chi connectivity index (χ4v) is 3.23. The predicted molar refractivity (Wildman–Crippen MR) is 109 cm³/mol. The fraction of sp³-hybridized carbons (Fsp3) is 0.389. The van der Waals surface area contributed by atoms with Crippen LogP contribution in [0.4, 0.5) is 11.4 Å². The topological polar surface area (TPSA) is 95.1 Å². The first kappa shape index (κ1) is 21.7. The lowest BCUT2D eigenvalue weighted by Crippen LogP contribution is -2.31. The SMILES string of the molecule is CCN(CC)c1cc(-c2ccc(OC)c(NS(C)=O)c2)cn(C)c1=O.O. The summed E-state index contributed by atoms with van der Waals surface area (Å²) in [6.45, 7) is 5.59. The molecule has 0 spiro atoms. The third kappa shape index (κ3) is 4.64. The molecule has 0 aliphatic rings. The zero-order valence-corrected chi connectivity index (χ0v) is 16.6. The molecule has 0 aliphatic carbocycles. The Kier molecular flexibility index (Phi) is 7.85. The third-order valence-electron chi connectivity index (χ3n) is 4.06. The van der Waals surface area contributed by atoms with Gasteiger partial charge in [0.2, 0.25) is 0 Å². The lowest BCUT2D eigenvalue weighted by molar-refractivity contribution is 0.417. The Morgan fingerprint density at radius 2 is 1.85 bits per heavy atom. The molecule has 0 aliphatic heterocycles. The van der Waals surface area contributed by atoms with Gasteiger partial charge in [-0.1, -0.05) is 6.07 Å². The quantitative estimate of drug-likeness (QED) is 0.791. The van der Waals surface area contributed by atoms with E-state index in [2.05, 4.69) is 4.72 Å². The molecule has 0 fully saturated rings. The summed E-state index contributed by atoms with van der Waals surface area (Å²) in [4.78, 5) is 14.5. The van der Waals surface area contributed by atoms with Crippen LogP contribution in [-0.4, -0.2) is 40.7 Å². The Bertz CT molecular complexity index is 832. The molecule has 0 saturated carbocycles. The molecule has 1 aromatic carbocycles. The number of rotatable bonds is 7. The number of anilines is 2. The van der Waals surface area contributed by atoms with Crippen LogP contribution in [-0.2, 0) is 18.0 Å². The summed E-state index contributed by atoms with van der Waals surface area (Å²) >= 11 is 0. The van der Waals surface area contributed by atoms with Gasteiger partial charge in [0.05, 0.1) is 12.8 Å². The molecule has 0 saturated heterocycles. The van der Waals surface area contributed by atoms with Crippen molar-refractivity contribution in [2.45, 2.75) is 13.8 Å². The van der Waals surface area contributed by atoms with E-state index in [0.717, 1.165) is 24.2 Å². The van der Waals surface area contributed by atoms with E-state index in [1.165, 1.54) is 0 Å². The van der Waals surface area contributed by atoms with Crippen molar-refractivity contribution < 1.29 is 14.4 Å². The van der Waals surface area contributed by atoms with Crippen LogP contribution in [0.2, 0.25) is 0 Å². The lowest BCUT2D eigenvalue weighted by atomic mass is 10.1. The van der Waals surface area contributed by atoms with Crippen molar-refractivity contribution in [3.05, 3.63) is 40.8 Å². The van der Waals surface area contributed by atoms with Gasteiger partial charge in [-0.3, -0.25) is 4.79 Å². The molecule has 2 rings (SSSR count). The molecule has 0 radical (unpaired) electrons. The number of pyridine rings is 1. The molecular weight excluding hydrogens is 354 g/mol. The Labute approximate surface area is 156 Å². The molecule has 7 nitrogen and oxygen atoms in total. The van der Waals surface area contributed by atoms with E-state index in [9.17, 15) is 9.00 Å². The van der Waals surface area contributed by atoms with Crippen molar-refractivity contribution in [2.24, 2.45) is 7.05 Å². The van der Waals surface area contributed by atoms with Gasteiger partial charge in [-0.05, 0) is 37.6 Å². The summed E-state index contributed by atoms with van der Waals surface area (Å²) < 4.78 is 21.3. The highest BCUT2D eigenvalue weighted by Crippen LogP contribution is 2.31. The van der Waals surface area contributed by atoms with Crippen molar-refractivity contribution in [3.8, 4) is 16.9 Å². The van der Waals surface area contributed by atoms with Crippen molar-refractivity contribution in [2.75, 3.05) is 36.1 Å². The summed E-state index contributed by atoms with van der Waals surface area (Å²) in [6.07, 6.45) is 3.38. The molecule has 1 heterocycles. The van der Waals surface area contributed by atoms with Crippen LogP contribution < -0.4 is 19.9 Å². The van der Waals surface area contributed by atoms with Crippen LogP contribution in [0.5, 0.6) is 5.75 Å². The highest BCUT2D eigenvalue weighted by molar-refractivity contribution is 7.85. The zero-order chi connectivity index (χ0) is 18.6. The number of benzene rings is 1. The summed E-state index contributed by atoms with van der Waals surface area (Å²) in [6, 6.07) is 7.54. The van der Waals surface area contributed by atoms with Gasteiger partial charge < -0.3 is 24.4 Å². The fourth-order valence-electron chi connectivity index (χ4n) is 2.77. The first-order valence-corrected chi connectivity index (χ1v) is 9.71. The second-order valence-corrected chi connectivity index (χ2v) is 6.79. The Balaban J connectivity index is 0.00000338. The van der Waals surface area contributed by atoms with Crippen LogP contribution in [0.3, 0.4) is 0 Å². The first-order valence-electron chi connectivity index (χ1n) is 8.15. The van der Waals surface area contributed by atoms with Crippen LogP contribution >= 0.6 is 0 Å². The molecule has 144 valence electrons. The van der Waals surface area contributed by atoms with Gasteiger partial charge >= 0.3 is 0 Å². The van der Waals surface area contributed by atoms with E-state index in [4.69, 9.17) is 4.74 Å². The van der Waals surface area contributed by atoms with Crippen LogP contribution in [0.25, 0.3) is 11.1 Å². The van der Waals surface area contributed by atoms with E-state index in [1.54, 1.807) is 25.0 Å². The van der Waals surface area contributed by atoms with Crippen molar-refractivity contribution >= 4 is 22.4 Å². The number of ether oxygens (including phenoxy) is 1. The second kappa shape index (κ2) is 9.40. The Morgan fingerprint density at radius 1 is 1.19 bits per heavy atom. The molecule has 26 heavy (non-hydrogen) atoms. The summed E-state index contributed by atoms with van der Waals surface area (Å²) in [7, 11) is 2.12. The summed E-state index contributed by atoms with van der Waals surface area (Å²) in [5.74, 6) is 0.618. The second-order valence-electron chi connectivity index (χ2n) is 5.67. The van der Waals surface area contributed by atoms with E-state index in [0.29, 0.717) is 17.1 Å². The number of aromatic nitrogens is 1. The Morgan fingerprint density at radius 3 is 2.38 bits per heavy atom.